The zero-order chi connectivity index (χ0) is 27.9. The summed E-state index contributed by atoms with van der Waals surface area (Å²) in [6.45, 7) is 3.77. The molecule has 2 atom stereocenters. The van der Waals surface area contributed by atoms with Gasteiger partial charge in [-0.15, -0.1) is 0 Å². The van der Waals surface area contributed by atoms with Crippen molar-refractivity contribution in [2.75, 3.05) is 11.9 Å². The fraction of sp³-hybridized carbons (Fsp3) is 0.231. The van der Waals surface area contributed by atoms with Crippen molar-refractivity contribution in [3.05, 3.63) is 89.7 Å². The van der Waals surface area contributed by atoms with Crippen LogP contribution in [0.25, 0.3) is 0 Å². The topological polar surface area (TPSA) is 152 Å². The minimum absolute atomic E-state index is 0.165. The van der Waals surface area contributed by atoms with Crippen molar-refractivity contribution in [3.63, 3.8) is 0 Å². The number of benzene rings is 1. The zero-order valence-corrected chi connectivity index (χ0v) is 20.4. The van der Waals surface area contributed by atoms with Gasteiger partial charge < -0.3 is 20.3 Å². The van der Waals surface area contributed by atoms with E-state index in [0.29, 0.717) is 41.4 Å². The molecule has 3 N–H and O–H groups in total. The summed E-state index contributed by atoms with van der Waals surface area (Å²) in [5, 5.41) is 18.3. The molecule has 2 aromatic heterocycles. The number of nitrogens with one attached hydrogen (secondary N) is 1. The number of amides is 1. The monoisotopic (exact) mass is 526 g/mol. The summed E-state index contributed by atoms with van der Waals surface area (Å²) in [5.74, 6) is -2.70. The molecular weight excluding hydrogens is 502 g/mol. The van der Waals surface area contributed by atoms with E-state index in [1.807, 2.05) is 6.92 Å². The average molecular weight is 526 g/mol. The smallest absolute Gasteiger partial charge is 0.328 e. The first-order valence-electron chi connectivity index (χ1n) is 11.3. The molecule has 0 aliphatic heterocycles. The highest BCUT2D eigenvalue weighted by molar-refractivity contribution is 5.95. The number of carboxylic acid groups (broad SMARTS) is 2. The van der Waals surface area contributed by atoms with Crippen LogP contribution in [0.2, 0.25) is 0 Å². The van der Waals surface area contributed by atoms with Crippen LogP contribution < -0.4 is 10.1 Å². The Morgan fingerprint density at radius 1 is 1.05 bits per heavy atom. The second-order valence-electron chi connectivity index (χ2n) is 8.44. The fourth-order valence-electron chi connectivity index (χ4n) is 3.74. The molecule has 1 amide bonds. The van der Waals surface area contributed by atoms with Gasteiger partial charge in [-0.2, -0.15) is 0 Å². The molecule has 1 aromatic carbocycles. The van der Waals surface area contributed by atoms with Gasteiger partial charge in [0.1, 0.15) is 23.3 Å². The van der Waals surface area contributed by atoms with E-state index in [4.69, 9.17) is 14.9 Å². The maximum absolute atomic E-state index is 13.9. The van der Waals surface area contributed by atoms with Crippen LogP contribution in [0.3, 0.4) is 0 Å². The van der Waals surface area contributed by atoms with Crippen LogP contribution in [0.5, 0.6) is 5.75 Å². The third-order valence-corrected chi connectivity index (χ3v) is 5.68. The van der Waals surface area contributed by atoms with Crippen LogP contribution >= 0.6 is 0 Å². The number of hydrogen-bond acceptors (Lipinski definition) is 7. The molecule has 198 valence electrons. The lowest BCUT2D eigenvalue weighted by atomic mass is 9.93. The molecule has 0 unspecified atom stereocenters. The number of pyridine rings is 1. The maximum Gasteiger partial charge on any atom is 0.328 e. The van der Waals surface area contributed by atoms with Gasteiger partial charge in [-0.25, -0.2) is 33.3 Å². The maximum atomic E-state index is 13.9. The van der Waals surface area contributed by atoms with Gasteiger partial charge in [-0.3, -0.25) is 4.79 Å². The minimum Gasteiger partial charge on any atom is -0.489 e. The number of aliphatic carboxylic acids is 2. The molecule has 1 fully saturated rings. The van der Waals surface area contributed by atoms with Crippen LogP contribution in [0.1, 0.15) is 23.5 Å². The number of carbonyl (C=O) groups excluding carboxylic acids is 1. The van der Waals surface area contributed by atoms with Crippen LogP contribution in [0, 0.1) is 31.4 Å². The highest BCUT2D eigenvalue weighted by atomic mass is 19.1. The number of halogens is 2. The number of aryl methyl sites for hydroxylation is 2. The van der Waals surface area contributed by atoms with Gasteiger partial charge in [0.25, 0.3) is 0 Å². The number of aromatic nitrogens is 3. The molecule has 2 heterocycles. The normalized spacial score (nSPS) is 17.7. The molecule has 0 radical (unpaired) electrons. The van der Waals surface area contributed by atoms with Crippen LogP contribution in [0.15, 0.2) is 60.9 Å². The van der Waals surface area contributed by atoms with E-state index < -0.39 is 29.1 Å². The Bertz CT molecular complexity index is 1350. The molecule has 0 saturated heterocycles. The summed E-state index contributed by atoms with van der Waals surface area (Å²) in [7, 11) is 0. The second-order valence-corrected chi connectivity index (χ2v) is 8.44. The second kappa shape index (κ2) is 12.0. The number of carbonyl (C=O) groups is 3. The lowest BCUT2D eigenvalue weighted by molar-refractivity contribution is -0.134. The van der Waals surface area contributed by atoms with E-state index in [1.54, 1.807) is 25.3 Å². The van der Waals surface area contributed by atoms with E-state index in [-0.39, 0.29) is 24.1 Å². The Morgan fingerprint density at radius 2 is 1.76 bits per heavy atom. The van der Waals surface area contributed by atoms with Crippen molar-refractivity contribution in [2.24, 2.45) is 5.92 Å². The Morgan fingerprint density at radius 3 is 2.34 bits per heavy atom. The van der Waals surface area contributed by atoms with E-state index in [9.17, 15) is 23.2 Å². The van der Waals surface area contributed by atoms with Crippen molar-refractivity contribution >= 4 is 23.7 Å². The molecule has 12 heteroatoms. The molecule has 1 aliphatic carbocycles. The third kappa shape index (κ3) is 7.38. The minimum atomic E-state index is -1.26. The Hall–Kier alpha value is -4.74. The first-order chi connectivity index (χ1) is 18.0. The predicted octanol–water partition coefficient (Wildman–Crippen LogP) is 3.45. The van der Waals surface area contributed by atoms with Gasteiger partial charge in [0.05, 0.1) is 30.6 Å². The average Bonchev–Trinajstić information content (AvgIpc) is 3.60. The molecule has 4 rings (SSSR count). The summed E-state index contributed by atoms with van der Waals surface area (Å²) < 4.78 is 32.9. The molecule has 0 bridgehead atoms. The largest absolute Gasteiger partial charge is 0.489 e. The molecule has 3 aromatic rings. The van der Waals surface area contributed by atoms with E-state index in [0.717, 1.165) is 6.20 Å². The van der Waals surface area contributed by atoms with Crippen LogP contribution in [-0.4, -0.2) is 49.6 Å². The Labute approximate surface area is 216 Å². The van der Waals surface area contributed by atoms with Crippen molar-refractivity contribution in [3.8, 4) is 5.75 Å². The molecule has 0 spiro atoms. The Balaban J connectivity index is 0.000000436. The summed E-state index contributed by atoms with van der Waals surface area (Å²) in [6, 6.07) is 8.79. The van der Waals surface area contributed by atoms with Gasteiger partial charge in [0.15, 0.2) is 5.75 Å². The third-order valence-electron chi connectivity index (χ3n) is 5.68. The van der Waals surface area contributed by atoms with Crippen molar-refractivity contribution in [1.82, 2.24) is 15.0 Å². The molecule has 38 heavy (non-hydrogen) atoms. The van der Waals surface area contributed by atoms with Crippen LogP contribution in [0.4, 0.5) is 14.6 Å². The molecule has 1 aliphatic rings. The van der Waals surface area contributed by atoms with Gasteiger partial charge in [-0.05, 0) is 50.1 Å². The Kier molecular flexibility index (Phi) is 8.79. The highest BCUT2D eigenvalue weighted by Crippen LogP contribution is 2.55. The van der Waals surface area contributed by atoms with E-state index in [1.165, 1.54) is 24.3 Å². The molecule has 10 nitrogen and oxygen atoms in total. The van der Waals surface area contributed by atoms with Crippen molar-refractivity contribution in [1.29, 1.82) is 0 Å². The van der Waals surface area contributed by atoms with Crippen molar-refractivity contribution < 1.29 is 38.1 Å². The number of anilines is 1. The summed E-state index contributed by atoms with van der Waals surface area (Å²) in [6.07, 6.45) is 4.22. The first kappa shape index (κ1) is 27.8. The van der Waals surface area contributed by atoms with E-state index >= 15 is 0 Å². The molecular formula is C26H24F2N4O6. The fourth-order valence-corrected chi connectivity index (χ4v) is 3.74. The van der Waals surface area contributed by atoms with Crippen LogP contribution in [-0.2, 0) is 19.8 Å². The standard InChI is InChI=1S/C22H20F2N4O2.C4H4O4/c1-13-19(11-25-14(2)27-13)30-12-22(15-4-3-5-16(23)8-15)9-18(22)21(29)28-20-7-6-17(24)10-26-20;5-3(6)1-2-4(7)8/h3-8,10-11,18H,9,12H2,1-2H3,(H,26,28,29);1-2H,(H,5,6)(H,7,8)/b;2-1-/t18-,22+;/m0./s1. The van der Waals surface area contributed by atoms with Gasteiger partial charge >= 0.3 is 11.9 Å². The lowest BCUT2D eigenvalue weighted by Crippen LogP contribution is -2.27. The summed E-state index contributed by atoms with van der Waals surface area (Å²) >= 11 is 0. The SMILES string of the molecule is Cc1ncc(OC[C@@]2(c3cccc(F)c3)C[C@H]2C(=O)Nc2ccc(F)cn2)c(C)n1.O=C(O)/C=C\C(=O)O. The quantitative estimate of drug-likeness (QED) is 0.375. The number of hydrogen-bond donors (Lipinski definition) is 3. The predicted molar refractivity (Wildman–Crippen MR) is 130 cm³/mol. The zero-order valence-electron chi connectivity index (χ0n) is 20.4. The lowest BCUT2D eigenvalue weighted by Gasteiger charge is -2.19. The van der Waals surface area contributed by atoms with E-state index in [2.05, 4.69) is 20.3 Å². The van der Waals surface area contributed by atoms with Gasteiger partial charge in [-0.1, -0.05) is 12.1 Å². The number of carboxylic acids is 2. The number of nitrogens with zero attached hydrogens (tertiary/aromatic N) is 3. The summed E-state index contributed by atoms with van der Waals surface area (Å²) in [4.78, 5) is 44.2. The first-order valence-corrected chi connectivity index (χ1v) is 11.3. The van der Waals surface area contributed by atoms with Gasteiger partial charge in [0, 0.05) is 17.6 Å². The number of rotatable bonds is 8. The summed E-state index contributed by atoms with van der Waals surface area (Å²) in [5.41, 5.74) is 0.679. The molecule has 1 saturated carbocycles. The van der Waals surface area contributed by atoms with Gasteiger partial charge in [0.2, 0.25) is 5.91 Å². The highest BCUT2D eigenvalue weighted by Gasteiger charge is 2.60. The van der Waals surface area contributed by atoms with Crippen molar-refractivity contribution in [2.45, 2.75) is 25.7 Å². The number of ether oxygens (including phenoxy) is 1.